The van der Waals surface area contributed by atoms with Crippen LogP contribution in [0.1, 0.15) is 12.8 Å². The predicted molar refractivity (Wildman–Crippen MR) is 58.1 cm³/mol. The van der Waals surface area contributed by atoms with E-state index in [2.05, 4.69) is 20.9 Å². The third kappa shape index (κ3) is 2.12. The Morgan fingerprint density at radius 3 is 2.79 bits per heavy atom. The van der Waals surface area contributed by atoms with Gasteiger partial charge in [-0.15, -0.1) is 0 Å². The summed E-state index contributed by atoms with van der Waals surface area (Å²) in [5.41, 5.74) is 6.29. The standard InChI is InChI=1S/C10H10BrFN2/c11-8-4-3-7(5-9(8)12)14-10(13)6-1-2-6/h3-6H,1-2H2,(H2,13,14). The van der Waals surface area contributed by atoms with E-state index in [1.165, 1.54) is 6.07 Å². The van der Waals surface area contributed by atoms with Gasteiger partial charge in [0.2, 0.25) is 0 Å². The first-order chi connectivity index (χ1) is 6.66. The highest BCUT2D eigenvalue weighted by molar-refractivity contribution is 9.10. The third-order valence-corrected chi connectivity index (χ3v) is 2.80. The molecule has 1 aliphatic rings. The average molecular weight is 257 g/mol. The lowest BCUT2D eigenvalue weighted by molar-refractivity contribution is 0.621. The van der Waals surface area contributed by atoms with Crippen molar-refractivity contribution in [1.29, 1.82) is 0 Å². The summed E-state index contributed by atoms with van der Waals surface area (Å²) in [6.45, 7) is 0. The lowest BCUT2D eigenvalue weighted by Gasteiger charge is -1.99. The van der Waals surface area contributed by atoms with Crippen LogP contribution in [0.4, 0.5) is 10.1 Å². The highest BCUT2D eigenvalue weighted by Crippen LogP contribution is 2.30. The Kier molecular flexibility index (Phi) is 2.54. The number of halogens is 2. The number of nitrogens with zero attached hydrogens (tertiary/aromatic N) is 1. The first-order valence-electron chi connectivity index (χ1n) is 4.46. The third-order valence-electron chi connectivity index (χ3n) is 2.16. The Balaban J connectivity index is 2.24. The Labute approximate surface area is 90.2 Å². The number of hydrogen-bond acceptors (Lipinski definition) is 1. The Morgan fingerprint density at radius 2 is 2.21 bits per heavy atom. The minimum absolute atomic E-state index is 0.310. The van der Waals surface area contributed by atoms with Gasteiger partial charge in [0.05, 0.1) is 10.2 Å². The Bertz CT molecular complexity index is 386. The number of aliphatic imine (C=N–C) groups is 1. The summed E-state index contributed by atoms with van der Waals surface area (Å²) in [5, 5.41) is 0. The van der Waals surface area contributed by atoms with E-state index in [4.69, 9.17) is 5.73 Å². The van der Waals surface area contributed by atoms with Gasteiger partial charge in [-0.1, -0.05) is 0 Å². The lowest BCUT2D eigenvalue weighted by Crippen LogP contribution is -2.12. The summed E-state index contributed by atoms with van der Waals surface area (Å²) < 4.78 is 13.5. The summed E-state index contributed by atoms with van der Waals surface area (Å²) in [7, 11) is 0. The smallest absolute Gasteiger partial charge is 0.139 e. The second kappa shape index (κ2) is 3.69. The molecular weight excluding hydrogens is 247 g/mol. The first kappa shape index (κ1) is 9.65. The molecule has 0 aromatic heterocycles. The molecule has 2 N–H and O–H groups in total. The van der Waals surface area contributed by atoms with Crippen LogP contribution in [-0.2, 0) is 0 Å². The van der Waals surface area contributed by atoms with E-state index >= 15 is 0 Å². The van der Waals surface area contributed by atoms with Gasteiger partial charge in [-0.25, -0.2) is 9.38 Å². The van der Waals surface area contributed by atoms with Gasteiger partial charge in [0.15, 0.2) is 0 Å². The van der Waals surface area contributed by atoms with Crippen molar-refractivity contribution in [3.05, 3.63) is 28.5 Å². The number of hydrogen-bond donors (Lipinski definition) is 1. The van der Waals surface area contributed by atoms with Gasteiger partial charge in [0.25, 0.3) is 0 Å². The molecule has 1 saturated carbocycles. The number of amidine groups is 1. The average Bonchev–Trinajstić information content (AvgIpc) is 2.94. The summed E-state index contributed by atoms with van der Waals surface area (Å²) in [5.74, 6) is 0.725. The molecular formula is C10H10BrFN2. The van der Waals surface area contributed by atoms with E-state index in [0.717, 1.165) is 12.8 Å². The normalized spacial score (nSPS) is 17.1. The first-order valence-corrected chi connectivity index (χ1v) is 5.25. The van der Waals surface area contributed by atoms with Gasteiger partial charge in [0, 0.05) is 12.0 Å². The number of benzene rings is 1. The molecule has 1 aromatic carbocycles. The van der Waals surface area contributed by atoms with Gasteiger partial charge in [-0.3, -0.25) is 0 Å². The fourth-order valence-electron chi connectivity index (χ4n) is 1.17. The fourth-order valence-corrected chi connectivity index (χ4v) is 1.42. The van der Waals surface area contributed by atoms with E-state index in [-0.39, 0.29) is 5.82 Å². The molecule has 74 valence electrons. The van der Waals surface area contributed by atoms with E-state index < -0.39 is 0 Å². The second-order valence-electron chi connectivity index (χ2n) is 3.41. The van der Waals surface area contributed by atoms with Crippen LogP contribution < -0.4 is 5.73 Å². The molecule has 0 unspecified atom stereocenters. The molecule has 0 radical (unpaired) electrons. The van der Waals surface area contributed by atoms with Gasteiger partial charge < -0.3 is 5.73 Å². The van der Waals surface area contributed by atoms with E-state index in [1.807, 2.05) is 0 Å². The monoisotopic (exact) mass is 256 g/mol. The molecule has 2 rings (SSSR count). The molecule has 0 amide bonds. The highest BCUT2D eigenvalue weighted by Gasteiger charge is 2.25. The molecule has 1 aliphatic carbocycles. The zero-order valence-electron chi connectivity index (χ0n) is 7.50. The summed E-state index contributed by atoms with van der Waals surface area (Å²) in [6.07, 6.45) is 2.21. The maximum Gasteiger partial charge on any atom is 0.139 e. The lowest BCUT2D eigenvalue weighted by atomic mass is 10.3. The Morgan fingerprint density at radius 1 is 1.50 bits per heavy atom. The van der Waals surface area contributed by atoms with Crippen LogP contribution in [0.2, 0.25) is 0 Å². The van der Waals surface area contributed by atoms with Crippen molar-refractivity contribution in [2.24, 2.45) is 16.6 Å². The van der Waals surface area contributed by atoms with Crippen molar-refractivity contribution in [2.45, 2.75) is 12.8 Å². The van der Waals surface area contributed by atoms with Crippen LogP contribution in [0, 0.1) is 11.7 Å². The van der Waals surface area contributed by atoms with Crippen LogP contribution >= 0.6 is 15.9 Å². The van der Waals surface area contributed by atoms with Gasteiger partial charge in [-0.05, 0) is 40.9 Å². The molecule has 0 aliphatic heterocycles. The largest absolute Gasteiger partial charge is 0.387 e. The summed E-state index contributed by atoms with van der Waals surface area (Å²) in [6, 6.07) is 4.75. The van der Waals surface area contributed by atoms with Crippen molar-refractivity contribution < 1.29 is 4.39 Å². The summed E-state index contributed by atoms with van der Waals surface area (Å²) in [4.78, 5) is 4.16. The van der Waals surface area contributed by atoms with Gasteiger partial charge in [0.1, 0.15) is 11.7 Å². The SMILES string of the molecule is NC(=Nc1ccc(Br)c(F)c1)C1CC1. The maximum absolute atomic E-state index is 13.1. The van der Waals surface area contributed by atoms with Crippen LogP contribution in [0.15, 0.2) is 27.7 Å². The number of nitrogens with two attached hydrogens (primary N) is 1. The fraction of sp³-hybridized carbons (Fsp3) is 0.300. The van der Waals surface area contributed by atoms with Crippen LogP contribution in [-0.4, -0.2) is 5.84 Å². The van der Waals surface area contributed by atoms with Crippen LogP contribution in [0.5, 0.6) is 0 Å². The number of rotatable bonds is 2. The van der Waals surface area contributed by atoms with Crippen molar-refractivity contribution in [1.82, 2.24) is 0 Å². The molecule has 0 heterocycles. The van der Waals surface area contributed by atoms with E-state index in [9.17, 15) is 4.39 Å². The topological polar surface area (TPSA) is 38.4 Å². The zero-order valence-corrected chi connectivity index (χ0v) is 9.09. The van der Waals surface area contributed by atoms with Gasteiger partial charge >= 0.3 is 0 Å². The molecule has 0 atom stereocenters. The second-order valence-corrected chi connectivity index (χ2v) is 4.26. The van der Waals surface area contributed by atoms with E-state index in [1.54, 1.807) is 12.1 Å². The van der Waals surface area contributed by atoms with Crippen molar-refractivity contribution in [2.75, 3.05) is 0 Å². The molecule has 2 nitrogen and oxygen atoms in total. The zero-order chi connectivity index (χ0) is 10.1. The maximum atomic E-state index is 13.1. The minimum Gasteiger partial charge on any atom is -0.387 e. The Hall–Kier alpha value is -0.900. The summed E-state index contributed by atoms with van der Waals surface area (Å²) >= 11 is 3.08. The van der Waals surface area contributed by atoms with E-state index in [0.29, 0.717) is 21.9 Å². The molecule has 0 saturated heterocycles. The van der Waals surface area contributed by atoms with Crippen molar-refractivity contribution >= 4 is 27.5 Å². The van der Waals surface area contributed by atoms with Crippen LogP contribution in [0.25, 0.3) is 0 Å². The predicted octanol–water partition coefficient (Wildman–Crippen LogP) is 2.99. The highest BCUT2D eigenvalue weighted by atomic mass is 79.9. The quantitative estimate of drug-likeness (QED) is 0.642. The molecule has 1 fully saturated rings. The minimum atomic E-state index is -0.310. The van der Waals surface area contributed by atoms with Crippen molar-refractivity contribution in [3.63, 3.8) is 0 Å². The molecule has 4 heteroatoms. The molecule has 1 aromatic rings. The van der Waals surface area contributed by atoms with Crippen molar-refractivity contribution in [3.8, 4) is 0 Å². The molecule has 0 spiro atoms. The molecule has 0 bridgehead atoms. The molecule has 14 heavy (non-hydrogen) atoms. The van der Waals surface area contributed by atoms with Gasteiger partial charge in [-0.2, -0.15) is 0 Å². The van der Waals surface area contributed by atoms with Crippen LogP contribution in [0.3, 0.4) is 0 Å².